The number of ether oxygens (including phenoxy) is 4. The van der Waals surface area contributed by atoms with Crippen LogP contribution in [-0.4, -0.2) is 139 Å². The van der Waals surface area contributed by atoms with Gasteiger partial charge >= 0.3 is 23.9 Å². The van der Waals surface area contributed by atoms with E-state index in [4.69, 9.17) is 18.9 Å². The van der Waals surface area contributed by atoms with Gasteiger partial charge in [-0.2, -0.15) is 0 Å². The molecule has 0 aromatic heterocycles. The van der Waals surface area contributed by atoms with Gasteiger partial charge in [0.25, 0.3) is 11.8 Å². The van der Waals surface area contributed by atoms with Gasteiger partial charge < -0.3 is 33.6 Å². The number of carbonyl (C=O) groups excluding carboxylic acids is 6. The Morgan fingerprint density at radius 2 is 0.821 bits per heavy atom. The molecule has 14 heteroatoms. The predicted molar refractivity (Wildman–Crippen MR) is 259 cm³/mol. The fourth-order valence-electron chi connectivity index (χ4n) is 8.35. The molecule has 3 rings (SSSR count). The van der Waals surface area contributed by atoms with Crippen molar-refractivity contribution in [3.63, 3.8) is 0 Å². The van der Waals surface area contributed by atoms with E-state index in [1.807, 2.05) is 116 Å². The van der Waals surface area contributed by atoms with Crippen LogP contribution in [0.25, 0.3) is 0 Å². The van der Waals surface area contributed by atoms with Crippen LogP contribution in [0.2, 0.25) is 0 Å². The third-order valence-corrected chi connectivity index (χ3v) is 12.2. The van der Waals surface area contributed by atoms with E-state index >= 15 is 0 Å². The van der Waals surface area contributed by atoms with Crippen LogP contribution >= 0.6 is 0 Å². The number of nitrogens with zero attached hydrogens (tertiary/aromatic N) is 4. The summed E-state index contributed by atoms with van der Waals surface area (Å²) in [5.74, 6) is -3.88. The number of hydrogen-bond donors (Lipinski definition) is 0. The van der Waals surface area contributed by atoms with Gasteiger partial charge in [-0.05, 0) is 81.4 Å². The lowest BCUT2D eigenvalue weighted by molar-refractivity contribution is -0.171. The molecule has 1 aliphatic rings. The van der Waals surface area contributed by atoms with Crippen LogP contribution in [0, 0.1) is 23.7 Å². The molecule has 0 saturated carbocycles. The molecule has 0 bridgehead atoms. The minimum Gasteiger partial charge on any atom is -0.460 e. The standard InChI is InChI=1S/C53H80N4O10/c1-33(2)26-42-50(60)66-46(30-40-22-18-16-19-23-40)48(58)57(15)45(29-36(7)8)52(62)65-39(11)38(10)55(13)43(27-34(3)4)53(63)67-47(31-41-24-20-17-21-25-41)49(59)56(14)44(28-35(5)6)51(61)64-37(9)32-54(42)12/h16-25,33-37,39,42-47H,10,26-32H2,1-9,11-15H3. The van der Waals surface area contributed by atoms with Crippen LogP contribution in [0.1, 0.15) is 106 Å². The van der Waals surface area contributed by atoms with Crippen molar-refractivity contribution in [1.29, 1.82) is 0 Å². The average molecular weight is 933 g/mol. The molecule has 2 aromatic rings. The Kier molecular flexibility index (Phi) is 22.1. The minimum absolute atomic E-state index is 0.0108. The summed E-state index contributed by atoms with van der Waals surface area (Å²) in [5.41, 5.74) is 1.78. The van der Waals surface area contributed by atoms with Crippen molar-refractivity contribution in [3.05, 3.63) is 84.1 Å². The lowest BCUT2D eigenvalue weighted by atomic mass is 10.00. The number of amides is 2. The molecule has 0 spiro atoms. The van der Waals surface area contributed by atoms with Gasteiger partial charge in [0.1, 0.15) is 36.4 Å². The summed E-state index contributed by atoms with van der Waals surface area (Å²) in [6, 6.07) is 14.5. The summed E-state index contributed by atoms with van der Waals surface area (Å²) in [4.78, 5) is 92.8. The molecule has 14 nitrogen and oxygen atoms in total. The molecule has 8 unspecified atom stereocenters. The summed E-state index contributed by atoms with van der Waals surface area (Å²) >= 11 is 0. The number of esters is 4. The molecule has 2 aromatic carbocycles. The Labute approximate surface area is 400 Å². The third kappa shape index (κ3) is 17.1. The lowest BCUT2D eigenvalue weighted by Crippen LogP contribution is -2.53. The molecule has 1 fully saturated rings. The SMILES string of the molecule is C=C1C(C)OC(=O)C(CC(C)C)N(C)C(=O)C(Cc2ccccc2)OC(=O)C(CC(C)C)N(C)CC(C)OC(=O)C(CC(C)C)N(C)C(=O)C(Cc2ccccc2)OC(=O)C(CC(C)C)N1C. The topological polar surface area (TPSA) is 152 Å². The Morgan fingerprint density at radius 1 is 0.493 bits per heavy atom. The molecule has 67 heavy (non-hydrogen) atoms. The first-order chi connectivity index (χ1) is 31.4. The van der Waals surface area contributed by atoms with Crippen molar-refractivity contribution < 1.29 is 47.7 Å². The van der Waals surface area contributed by atoms with Crippen molar-refractivity contribution in [1.82, 2.24) is 19.6 Å². The first-order valence-corrected chi connectivity index (χ1v) is 24.0. The second kappa shape index (κ2) is 26.3. The Morgan fingerprint density at radius 3 is 1.21 bits per heavy atom. The summed E-state index contributed by atoms with van der Waals surface area (Å²) in [6.07, 6.45) is -3.08. The van der Waals surface area contributed by atoms with E-state index in [2.05, 4.69) is 6.58 Å². The van der Waals surface area contributed by atoms with Crippen LogP contribution < -0.4 is 0 Å². The smallest absolute Gasteiger partial charge is 0.329 e. The average Bonchev–Trinajstić information content (AvgIpc) is 3.26. The molecule has 0 N–H and O–H groups in total. The molecular formula is C53H80N4O10. The van der Waals surface area contributed by atoms with E-state index in [1.165, 1.54) is 23.9 Å². The van der Waals surface area contributed by atoms with E-state index < -0.39 is 84.3 Å². The van der Waals surface area contributed by atoms with Gasteiger partial charge in [-0.1, -0.05) is 123 Å². The first-order valence-electron chi connectivity index (χ1n) is 24.0. The van der Waals surface area contributed by atoms with Crippen LogP contribution in [0.15, 0.2) is 72.9 Å². The van der Waals surface area contributed by atoms with Gasteiger partial charge in [-0.15, -0.1) is 0 Å². The number of carbonyl (C=O) groups is 6. The third-order valence-electron chi connectivity index (χ3n) is 12.2. The van der Waals surface area contributed by atoms with Gasteiger partial charge in [-0.3, -0.25) is 19.3 Å². The van der Waals surface area contributed by atoms with Crippen LogP contribution in [0.5, 0.6) is 0 Å². The van der Waals surface area contributed by atoms with Gasteiger partial charge in [0.15, 0.2) is 12.2 Å². The van der Waals surface area contributed by atoms with Crippen LogP contribution in [-0.2, 0) is 60.6 Å². The molecule has 2 amide bonds. The normalized spacial score (nSPS) is 25.6. The maximum atomic E-state index is 14.7. The highest BCUT2D eigenvalue weighted by molar-refractivity contribution is 5.90. The van der Waals surface area contributed by atoms with E-state index in [1.54, 1.807) is 37.7 Å². The highest BCUT2D eigenvalue weighted by atomic mass is 16.6. The Hall–Kier alpha value is -5.24. The van der Waals surface area contributed by atoms with Crippen molar-refractivity contribution in [2.45, 2.75) is 156 Å². The fraction of sp³-hybridized carbons (Fsp3) is 0.623. The molecule has 0 radical (unpaired) electrons. The summed E-state index contributed by atoms with van der Waals surface area (Å²) in [6.45, 7) is 23.3. The van der Waals surface area contributed by atoms with E-state index in [0.29, 0.717) is 12.8 Å². The quantitative estimate of drug-likeness (QED) is 0.157. The second-order valence-electron chi connectivity index (χ2n) is 20.1. The molecule has 372 valence electrons. The maximum Gasteiger partial charge on any atom is 0.329 e. The Bertz CT molecular complexity index is 1940. The van der Waals surface area contributed by atoms with Crippen molar-refractivity contribution in [3.8, 4) is 0 Å². The zero-order valence-electron chi connectivity index (χ0n) is 42.7. The van der Waals surface area contributed by atoms with Gasteiger partial charge in [0, 0.05) is 46.2 Å². The Balaban J connectivity index is 2.21. The van der Waals surface area contributed by atoms with E-state index in [9.17, 15) is 28.8 Å². The number of likely N-dealkylation sites (N-methyl/N-ethyl adjacent to an activating group) is 4. The van der Waals surface area contributed by atoms with E-state index in [-0.39, 0.29) is 61.6 Å². The predicted octanol–water partition coefficient (Wildman–Crippen LogP) is 7.13. The highest BCUT2D eigenvalue weighted by Gasteiger charge is 2.41. The fourth-order valence-corrected chi connectivity index (χ4v) is 8.35. The highest BCUT2D eigenvalue weighted by Crippen LogP contribution is 2.25. The number of benzene rings is 2. The minimum atomic E-state index is -1.32. The largest absolute Gasteiger partial charge is 0.460 e. The number of rotatable bonds is 12. The van der Waals surface area contributed by atoms with Gasteiger partial charge in [0.2, 0.25) is 0 Å². The van der Waals surface area contributed by atoms with Crippen molar-refractivity contribution in [2.75, 3.05) is 34.7 Å². The molecular weight excluding hydrogens is 853 g/mol. The molecule has 1 aliphatic heterocycles. The zero-order valence-corrected chi connectivity index (χ0v) is 42.7. The lowest BCUT2D eigenvalue weighted by Gasteiger charge is -2.36. The van der Waals surface area contributed by atoms with Crippen LogP contribution in [0.4, 0.5) is 0 Å². The van der Waals surface area contributed by atoms with E-state index in [0.717, 1.165) is 11.1 Å². The first kappa shape index (κ1) is 56.1. The second-order valence-corrected chi connectivity index (χ2v) is 20.1. The number of cyclic esters (lactones) is 4. The summed E-state index contributed by atoms with van der Waals surface area (Å²) in [7, 11) is 6.43. The van der Waals surface area contributed by atoms with Crippen LogP contribution in [0.3, 0.4) is 0 Å². The van der Waals surface area contributed by atoms with Crippen molar-refractivity contribution >= 4 is 35.7 Å². The summed E-state index contributed by atoms with van der Waals surface area (Å²) in [5, 5.41) is 0. The number of hydrogen-bond acceptors (Lipinski definition) is 12. The maximum absolute atomic E-state index is 14.7. The monoisotopic (exact) mass is 933 g/mol. The summed E-state index contributed by atoms with van der Waals surface area (Å²) < 4.78 is 24.6. The molecule has 1 heterocycles. The van der Waals surface area contributed by atoms with Crippen molar-refractivity contribution in [2.24, 2.45) is 23.7 Å². The van der Waals surface area contributed by atoms with Gasteiger partial charge in [-0.25, -0.2) is 14.4 Å². The molecule has 1 saturated heterocycles. The van der Waals surface area contributed by atoms with Gasteiger partial charge in [0.05, 0.1) is 0 Å². The molecule has 8 atom stereocenters. The zero-order chi connectivity index (χ0) is 50.3. The molecule has 0 aliphatic carbocycles.